The molecular formula is C22H41NO. The summed E-state index contributed by atoms with van der Waals surface area (Å²) in [6.45, 7) is 9.13. The van der Waals surface area contributed by atoms with E-state index < -0.39 is 0 Å². The van der Waals surface area contributed by atoms with Gasteiger partial charge in [0.25, 0.3) is 0 Å². The van der Waals surface area contributed by atoms with Crippen LogP contribution in [0, 0.1) is 35.0 Å². The molecule has 2 nitrogen and oxygen atoms in total. The summed E-state index contributed by atoms with van der Waals surface area (Å²) in [7, 11) is 0. The first-order valence-corrected chi connectivity index (χ1v) is 10.9. The molecule has 0 bridgehead atoms. The highest BCUT2D eigenvalue weighted by atomic mass is 16.5. The first kappa shape index (κ1) is 18.7. The van der Waals surface area contributed by atoms with E-state index in [4.69, 9.17) is 10.5 Å². The van der Waals surface area contributed by atoms with Crippen LogP contribution in [0.4, 0.5) is 0 Å². The Morgan fingerprint density at radius 3 is 2.38 bits per heavy atom. The quantitative estimate of drug-likeness (QED) is 0.705. The maximum absolute atomic E-state index is 6.53. The standard InChI is InChI=1S/C22H41NO/c1-16(2)20-14-21(22(20)8-5-4-6-9-22)24-10-7-18-11-17(3)12-19(13-18)15-23/h16-21H,4-15,23H2,1-3H3/t17-,18?,19-,20?,21?/m0/s1. The van der Waals surface area contributed by atoms with Crippen molar-refractivity contribution in [2.45, 2.75) is 91.1 Å². The first-order chi connectivity index (χ1) is 11.5. The Morgan fingerprint density at radius 1 is 1.00 bits per heavy atom. The molecule has 0 saturated heterocycles. The Morgan fingerprint density at radius 2 is 1.71 bits per heavy atom. The summed E-state index contributed by atoms with van der Waals surface area (Å²) in [5.74, 6) is 4.21. The molecule has 3 fully saturated rings. The summed E-state index contributed by atoms with van der Waals surface area (Å²) >= 11 is 0. The zero-order valence-corrected chi connectivity index (χ0v) is 16.4. The highest BCUT2D eigenvalue weighted by Crippen LogP contribution is 2.59. The summed E-state index contributed by atoms with van der Waals surface area (Å²) in [6.07, 6.45) is 14.4. The molecule has 2 N–H and O–H groups in total. The first-order valence-electron chi connectivity index (χ1n) is 10.9. The molecule has 140 valence electrons. The molecule has 0 radical (unpaired) electrons. The van der Waals surface area contributed by atoms with Crippen LogP contribution in [0.2, 0.25) is 0 Å². The van der Waals surface area contributed by atoms with Crippen LogP contribution < -0.4 is 5.73 Å². The Balaban J connectivity index is 1.48. The fraction of sp³-hybridized carbons (Fsp3) is 1.00. The van der Waals surface area contributed by atoms with Crippen molar-refractivity contribution in [2.75, 3.05) is 13.2 Å². The van der Waals surface area contributed by atoms with E-state index in [1.165, 1.54) is 64.2 Å². The molecule has 0 aromatic carbocycles. The van der Waals surface area contributed by atoms with Gasteiger partial charge in [0.1, 0.15) is 0 Å². The third-order valence-corrected chi connectivity index (χ3v) is 7.75. The highest BCUT2D eigenvalue weighted by Gasteiger charge is 2.56. The Bertz CT molecular complexity index is 387. The third-order valence-electron chi connectivity index (χ3n) is 7.75. The van der Waals surface area contributed by atoms with Gasteiger partial charge in [-0.15, -0.1) is 0 Å². The smallest absolute Gasteiger partial charge is 0.0637 e. The minimum atomic E-state index is 0.548. The van der Waals surface area contributed by atoms with Crippen LogP contribution in [0.25, 0.3) is 0 Å². The van der Waals surface area contributed by atoms with Crippen LogP contribution in [0.5, 0.6) is 0 Å². The number of hydrogen-bond acceptors (Lipinski definition) is 2. The summed E-state index contributed by atoms with van der Waals surface area (Å²) in [4.78, 5) is 0. The number of hydrogen-bond donors (Lipinski definition) is 1. The van der Waals surface area contributed by atoms with Gasteiger partial charge >= 0.3 is 0 Å². The Kier molecular flexibility index (Phi) is 6.30. The van der Waals surface area contributed by atoms with Crippen LogP contribution in [-0.4, -0.2) is 19.3 Å². The molecule has 3 rings (SSSR count). The predicted molar refractivity (Wildman–Crippen MR) is 102 cm³/mol. The van der Waals surface area contributed by atoms with E-state index in [2.05, 4.69) is 20.8 Å². The lowest BCUT2D eigenvalue weighted by Gasteiger charge is -2.59. The van der Waals surface area contributed by atoms with Crippen LogP contribution in [0.15, 0.2) is 0 Å². The average molecular weight is 336 g/mol. The van der Waals surface area contributed by atoms with Crippen molar-refractivity contribution in [3.8, 4) is 0 Å². The van der Waals surface area contributed by atoms with Crippen LogP contribution in [0.1, 0.15) is 85.0 Å². The summed E-state index contributed by atoms with van der Waals surface area (Å²) < 4.78 is 6.53. The fourth-order valence-corrected chi connectivity index (χ4v) is 6.55. The summed E-state index contributed by atoms with van der Waals surface area (Å²) in [6, 6.07) is 0. The van der Waals surface area contributed by atoms with E-state index in [-0.39, 0.29) is 0 Å². The minimum absolute atomic E-state index is 0.548. The topological polar surface area (TPSA) is 35.2 Å². The van der Waals surface area contributed by atoms with Gasteiger partial charge in [0.2, 0.25) is 0 Å². The largest absolute Gasteiger partial charge is 0.378 e. The van der Waals surface area contributed by atoms with Gasteiger partial charge in [-0.05, 0) is 86.5 Å². The predicted octanol–water partition coefficient (Wildman–Crippen LogP) is 5.40. The fourth-order valence-electron chi connectivity index (χ4n) is 6.55. The summed E-state index contributed by atoms with van der Waals surface area (Å²) in [5, 5.41) is 0. The maximum Gasteiger partial charge on any atom is 0.0637 e. The van der Waals surface area contributed by atoms with Crippen molar-refractivity contribution in [1.29, 1.82) is 0 Å². The molecule has 0 heterocycles. The third kappa shape index (κ3) is 3.85. The monoisotopic (exact) mass is 335 g/mol. The van der Waals surface area contributed by atoms with Gasteiger partial charge in [-0.3, -0.25) is 0 Å². The molecule has 5 atom stereocenters. The van der Waals surface area contributed by atoms with Crippen LogP contribution >= 0.6 is 0 Å². The normalized spacial score (nSPS) is 39.1. The zero-order chi connectivity index (χ0) is 17.2. The molecule has 0 aliphatic heterocycles. The zero-order valence-electron chi connectivity index (χ0n) is 16.4. The average Bonchev–Trinajstić information content (AvgIpc) is 2.57. The van der Waals surface area contributed by atoms with Crippen molar-refractivity contribution in [3.63, 3.8) is 0 Å². The number of nitrogens with two attached hydrogens (primary N) is 1. The highest BCUT2D eigenvalue weighted by molar-refractivity contribution is 5.05. The van der Waals surface area contributed by atoms with Crippen molar-refractivity contribution < 1.29 is 4.74 Å². The Labute approximate surface area is 150 Å². The molecule has 3 aliphatic carbocycles. The van der Waals surface area contributed by atoms with E-state index in [0.717, 1.165) is 42.7 Å². The van der Waals surface area contributed by atoms with Gasteiger partial charge in [-0.25, -0.2) is 0 Å². The van der Waals surface area contributed by atoms with Gasteiger partial charge in [-0.2, -0.15) is 0 Å². The van der Waals surface area contributed by atoms with Crippen LogP contribution in [-0.2, 0) is 4.74 Å². The molecule has 0 aromatic rings. The molecule has 24 heavy (non-hydrogen) atoms. The maximum atomic E-state index is 6.53. The van der Waals surface area contributed by atoms with E-state index in [9.17, 15) is 0 Å². The number of ether oxygens (including phenoxy) is 1. The van der Waals surface area contributed by atoms with Crippen molar-refractivity contribution >= 4 is 0 Å². The lowest BCUT2D eigenvalue weighted by molar-refractivity contribution is -0.188. The van der Waals surface area contributed by atoms with Crippen LogP contribution in [0.3, 0.4) is 0 Å². The van der Waals surface area contributed by atoms with Crippen molar-refractivity contribution in [1.82, 2.24) is 0 Å². The molecule has 3 saturated carbocycles. The second-order valence-corrected chi connectivity index (χ2v) is 9.81. The summed E-state index contributed by atoms with van der Waals surface area (Å²) in [5.41, 5.74) is 6.49. The molecule has 1 spiro atoms. The molecule has 0 amide bonds. The second kappa shape index (κ2) is 8.08. The van der Waals surface area contributed by atoms with E-state index >= 15 is 0 Å². The van der Waals surface area contributed by atoms with E-state index in [1.807, 2.05) is 0 Å². The van der Waals surface area contributed by atoms with Gasteiger partial charge in [0, 0.05) is 6.61 Å². The van der Waals surface area contributed by atoms with Gasteiger partial charge in [0.05, 0.1) is 6.10 Å². The lowest BCUT2D eigenvalue weighted by atomic mass is 9.49. The Hall–Kier alpha value is -0.0800. The van der Waals surface area contributed by atoms with E-state index in [0.29, 0.717) is 11.5 Å². The van der Waals surface area contributed by atoms with Crippen molar-refractivity contribution in [3.05, 3.63) is 0 Å². The molecular weight excluding hydrogens is 294 g/mol. The minimum Gasteiger partial charge on any atom is -0.378 e. The van der Waals surface area contributed by atoms with Gasteiger partial charge in [-0.1, -0.05) is 40.0 Å². The van der Waals surface area contributed by atoms with Gasteiger partial charge in [0.15, 0.2) is 0 Å². The molecule has 0 aromatic heterocycles. The molecule has 2 heteroatoms. The van der Waals surface area contributed by atoms with Gasteiger partial charge < -0.3 is 10.5 Å². The molecule has 3 unspecified atom stereocenters. The molecule has 3 aliphatic rings. The van der Waals surface area contributed by atoms with E-state index in [1.54, 1.807) is 0 Å². The number of rotatable bonds is 6. The lowest BCUT2D eigenvalue weighted by Crippen LogP contribution is -2.57. The SMILES string of the molecule is CC(C)C1CC(OCCC2C[C@H](C)C[C@H](CN)C2)C12CCCCC2. The second-order valence-electron chi connectivity index (χ2n) is 9.81. The van der Waals surface area contributed by atoms with Crippen molar-refractivity contribution in [2.24, 2.45) is 40.7 Å².